The van der Waals surface area contributed by atoms with Crippen molar-refractivity contribution in [3.05, 3.63) is 0 Å². The van der Waals surface area contributed by atoms with Crippen LogP contribution in [0.3, 0.4) is 0 Å². The third kappa shape index (κ3) is 4.08. The van der Waals surface area contributed by atoms with Gasteiger partial charge >= 0.3 is 6.09 Å². The van der Waals surface area contributed by atoms with Gasteiger partial charge in [0.2, 0.25) is 5.91 Å². The SMILES string of the molecule is CC(C)OC(=O)N1CCC(CC(N)=O)CC1. The molecule has 16 heavy (non-hydrogen) atoms. The van der Waals surface area contributed by atoms with Gasteiger partial charge in [-0.2, -0.15) is 0 Å². The van der Waals surface area contributed by atoms with Crippen molar-refractivity contribution in [1.29, 1.82) is 0 Å². The molecule has 2 amide bonds. The number of primary amides is 1. The van der Waals surface area contributed by atoms with E-state index < -0.39 is 0 Å². The quantitative estimate of drug-likeness (QED) is 0.786. The summed E-state index contributed by atoms with van der Waals surface area (Å²) in [5, 5.41) is 0. The molecule has 0 radical (unpaired) electrons. The van der Waals surface area contributed by atoms with Gasteiger partial charge in [-0.15, -0.1) is 0 Å². The van der Waals surface area contributed by atoms with Crippen molar-refractivity contribution in [3.8, 4) is 0 Å². The van der Waals surface area contributed by atoms with Gasteiger partial charge in [0, 0.05) is 19.5 Å². The molecule has 0 atom stereocenters. The molecule has 5 heteroatoms. The maximum atomic E-state index is 11.5. The highest BCUT2D eigenvalue weighted by Gasteiger charge is 2.24. The fraction of sp³-hybridized carbons (Fsp3) is 0.818. The van der Waals surface area contributed by atoms with Gasteiger partial charge in [0.15, 0.2) is 0 Å². The summed E-state index contributed by atoms with van der Waals surface area (Å²) in [4.78, 5) is 24.0. The number of rotatable bonds is 3. The van der Waals surface area contributed by atoms with E-state index in [0.717, 1.165) is 12.8 Å². The van der Waals surface area contributed by atoms with Crippen LogP contribution >= 0.6 is 0 Å². The van der Waals surface area contributed by atoms with E-state index in [0.29, 0.717) is 25.4 Å². The smallest absolute Gasteiger partial charge is 0.410 e. The van der Waals surface area contributed by atoms with E-state index in [4.69, 9.17) is 10.5 Å². The van der Waals surface area contributed by atoms with Crippen LogP contribution < -0.4 is 5.73 Å². The van der Waals surface area contributed by atoms with Gasteiger partial charge in [-0.1, -0.05) is 0 Å². The Morgan fingerprint density at radius 1 is 1.38 bits per heavy atom. The molecule has 5 nitrogen and oxygen atoms in total. The Kier molecular flexibility index (Phi) is 4.58. The lowest BCUT2D eigenvalue weighted by molar-refractivity contribution is -0.119. The third-order valence-corrected chi connectivity index (χ3v) is 2.70. The second-order valence-electron chi connectivity index (χ2n) is 4.53. The van der Waals surface area contributed by atoms with E-state index in [2.05, 4.69) is 0 Å². The van der Waals surface area contributed by atoms with E-state index in [-0.39, 0.29) is 18.1 Å². The number of nitrogens with two attached hydrogens (primary N) is 1. The van der Waals surface area contributed by atoms with Crippen molar-refractivity contribution in [2.45, 2.75) is 39.2 Å². The number of hydrogen-bond donors (Lipinski definition) is 1. The minimum Gasteiger partial charge on any atom is -0.447 e. The number of hydrogen-bond acceptors (Lipinski definition) is 3. The molecule has 1 rings (SSSR count). The minimum absolute atomic E-state index is 0.0872. The molecule has 0 bridgehead atoms. The largest absolute Gasteiger partial charge is 0.447 e. The summed E-state index contributed by atoms with van der Waals surface area (Å²) >= 11 is 0. The lowest BCUT2D eigenvalue weighted by Crippen LogP contribution is -2.40. The van der Waals surface area contributed by atoms with E-state index in [9.17, 15) is 9.59 Å². The Balaban J connectivity index is 2.31. The van der Waals surface area contributed by atoms with Gasteiger partial charge in [0.05, 0.1) is 6.10 Å². The second kappa shape index (κ2) is 5.72. The zero-order chi connectivity index (χ0) is 12.1. The van der Waals surface area contributed by atoms with Crippen molar-refractivity contribution < 1.29 is 14.3 Å². The lowest BCUT2D eigenvalue weighted by atomic mass is 9.93. The predicted octanol–water partition coefficient (Wildman–Crippen LogP) is 1.12. The van der Waals surface area contributed by atoms with Crippen LogP contribution in [0, 0.1) is 5.92 Å². The average Bonchev–Trinajstić information content (AvgIpc) is 2.16. The molecule has 0 aromatic heterocycles. The second-order valence-corrected chi connectivity index (χ2v) is 4.53. The van der Waals surface area contributed by atoms with E-state index in [1.807, 2.05) is 13.8 Å². The summed E-state index contributed by atoms with van der Waals surface area (Å²) in [6.45, 7) is 4.97. The first kappa shape index (κ1) is 12.8. The van der Waals surface area contributed by atoms with Gasteiger partial charge in [0.25, 0.3) is 0 Å². The minimum atomic E-state index is -0.261. The molecule has 0 spiro atoms. The molecular weight excluding hydrogens is 208 g/mol. The van der Waals surface area contributed by atoms with Crippen LogP contribution in [0.2, 0.25) is 0 Å². The van der Waals surface area contributed by atoms with Crippen LogP contribution in [0.15, 0.2) is 0 Å². The summed E-state index contributed by atoms with van der Waals surface area (Å²) in [5.74, 6) is 0.0591. The number of amides is 2. The molecular formula is C11H20N2O3. The highest BCUT2D eigenvalue weighted by Crippen LogP contribution is 2.20. The summed E-state index contributed by atoms with van der Waals surface area (Å²) in [5.41, 5.74) is 5.14. The molecule has 0 unspecified atom stereocenters. The summed E-state index contributed by atoms with van der Waals surface area (Å²) in [6.07, 6.45) is 1.74. The van der Waals surface area contributed by atoms with E-state index >= 15 is 0 Å². The number of carbonyl (C=O) groups excluding carboxylic acids is 2. The monoisotopic (exact) mass is 228 g/mol. The summed E-state index contributed by atoms with van der Waals surface area (Å²) in [6, 6.07) is 0. The molecule has 0 aromatic carbocycles. The van der Waals surface area contributed by atoms with Crippen LogP contribution in [0.25, 0.3) is 0 Å². The Morgan fingerprint density at radius 3 is 2.38 bits per heavy atom. The van der Waals surface area contributed by atoms with Crippen LogP contribution in [0.5, 0.6) is 0 Å². The maximum absolute atomic E-state index is 11.5. The molecule has 0 aliphatic carbocycles. The molecule has 0 saturated carbocycles. The first-order valence-electron chi connectivity index (χ1n) is 5.73. The average molecular weight is 228 g/mol. The zero-order valence-electron chi connectivity index (χ0n) is 9.94. The number of likely N-dealkylation sites (tertiary alicyclic amines) is 1. The highest BCUT2D eigenvalue weighted by molar-refractivity contribution is 5.74. The molecule has 1 saturated heterocycles. The molecule has 1 aliphatic rings. The number of piperidine rings is 1. The Bertz CT molecular complexity index is 258. The molecule has 1 fully saturated rings. The Labute approximate surface area is 95.9 Å². The Hall–Kier alpha value is -1.26. The van der Waals surface area contributed by atoms with Crippen molar-refractivity contribution in [1.82, 2.24) is 4.90 Å². The maximum Gasteiger partial charge on any atom is 0.410 e. The normalized spacial score (nSPS) is 17.6. The summed E-state index contributed by atoms with van der Waals surface area (Å²) < 4.78 is 5.10. The van der Waals surface area contributed by atoms with Gasteiger partial charge in [-0.05, 0) is 32.6 Å². The molecule has 1 heterocycles. The topological polar surface area (TPSA) is 72.6 Å². The van der Waals surface area contributed by atoms with Crippen LogP contribution in [-0.2, 0) is 9.53 Å². The van der Waals surface area contributed by atoms with Crippen LogP contribution in [0.4, 0.5) is 4.79 Å². The molecule has 2 N–H and O–H groups in total. The zero-order valence-corrected chi connectivity index (χ0v) is 9.94. The predicted molar refractivity (Wildman–Crippen MR) is 59.7 cm³/mol. The van der Waals surface area contributed by atoms with Gasteiger partial charge in [-0.3, -0.25) is 4.79 Å². The van der Waals surface area contributed by atoms with Crippen molar-refractivity contribution in [2.75, 3.05) is 13.1 Å². The van der Waals surface area contributed by atoms with Gasteiger partial charge in [0.1, 0.15) is 0 Å². The fourth-order valence-electron chi connectivity index (χ4n) is 1.88. The van der Waals surface area contributed by atoms with Gasteiger partial charge in [-0.25, -0.2) is 4.79 Å². The fourth-order valence-corrected chi connectivity index (χ4v) is 1.88. The first-order chi connectivity index (χ1) is 7.49. The van der Waals surface area contributed by atoms with Crippen molar-refractivity contribution in [2.24, 2.45) is 11.7 Å². The number of carbonyl (C=O) groups is 2. The third-order valence-electron chi connectivity index (χ3n) is 2.70. The first-order valence-corrected chi connectivity index (χ1v) is 5.73. The molecule has 1 aliphatic heterocycles. The van der Waals surface area contributed by atoms with E-state index in [1.54, 1.807) is 4.90 Å². The molecule has 0 aromatic rings. The molecule has 92 valence electrons. The van der Waals surface area contributed by atoms with Gasteiger partial charge < -0.3 is 15.4 Å². The van der Waals surface area contributed by atoms with Crippen molar-refractivity contribution in [3.63, 3.8) is 0 Å². The lowest BCUT2D eigenvalue weighted by Gasteiger charge is -2.31. The summed E-state index contributed by atoms with van der Waals surface area (Å²) in [7, 11) is 0. The van der Waals surface area contributed by atoms with Crippen LogP contribution in [-0.4, -0.2) is 36.1 Å². The number of nitrogens with zero attached hydrogens (tertiary/aromatic N) is 1. The number of ether oxygens (including phenoxy) is 1. The van der Waals surface area contributed by atoms with Crippen molar-refractivity contribution >= 4 is 12.0 Å². The standard InChI is InChI=1S/C11H20N2O3/c1-8(2)16-11(15)13-5-3-9(4-6-13)7-10(12)14/h8-9H,3-7H2,1-2H3,(H2,12,14). The Morgan fingerprint density at radius 2 is 1.94 bits per heavy atom. The van der Waals surface area contributed by atoms with E-state index in [1.165, 1.54) is 0 Å². The highest BCUT2D eigenvalue weighted by atomic mass is 16.6. The van der Waals surface area contributed by atoms with Crippen LogP contribution in [0.1, 0.15) is 33.1 Å².